The molecule has 1 atom stereocenters. The van der Waals surface area contributed by atoms with Gasteiger partial charge in [-0.3, -0.25) is 4.99 Å². The van der Waals surface area contributed by atoms with Crippen molar-refractivity contribution < 1.29 is 0 Å². The van der Waals surface area contributed by atoms with Gasteiger partial charge in [0.2, 0.25) is 0 Å². The van der Waals surface area contributed by atoms with Gasteiger partial charge in [0, 0.05) is 52.5 Å². The molecule has 0 saturated carbocycles. The summed E-state index contributed by atoms with van der Waals surface area (Å²) in [6, 6.07) is 9.32. The molecule has 0 aliphatic carbocycles. The van der Waals surface area contributed by atoms with Gasteiger partial charge in [-0.2, -0.15) is 0 Å². The number of rotatable bonds is 7. The summed E-state index contributed by atoms with van der Waals surface area (Å²) in [5, 5.41) is 6.84. The summed E-state index contributed by atoms with van der Waals surface area (Å²) in [7, 11) is 5.96. The molecule has 0 spiro atoms. The Labute approximate surface area is 176 Å². The first-order valence-corrected chi connectivity index (χ1v) is 9.55. The van der Waals surface area contributed by atoms with Crippen LogP contribution < -0.4 is 15.5 Å². The molecule has 1 fully saturated rings. The molecule has 26 heavy (non-hydrogen) atoms. The zero-order valence-corrected chi connectivity index (χ0v) is 19.1. The van der Waals surface area contributed by atoms with Gasteiger partial charge in [0.05, 0.1) is 0 Å². The lowest BCUT2D eigenvalue weighted by molar-refractivity contribution is 0.159. The third kappa shape index (κ3) is 7.70. The van der Waals surface area contributed by atoms with E-state index in [9.17, 15) is 0 Å². The van der Waals surface area contributed by atoms with Gasteiger partial charge in [-0.05, 0) is 50.4 Å². The quantitative estimate of drug-likeness (QED) is 0.276. The van der Waals surface area contributed by atoms with Crippen LogP contribution >= 0.6 is 24.0 Å². The Bertz CT molecular complexity index is 547. The van der Waals surface area contributed by atoms with Crippen molar-refractivity contribution in [3.63, 3.8) is 0 Å². The molecular formula is C20H36IN5. The Kier molecular flexibility index (Phi) is 11.0. The van der Waals surface area contributed by atoms with Crippen molar-refractivity contribution in [3.05, 3.63) is 29.8 Å². The molecule has 2 rings (SSSR count). The van der Waals surface area contributed by atoms with Gasteiger partial charge in [-0.25, -0.2) is 0 Å². The van der Waals surface area contributed by atoms with Gasteiger partial charge < -0.3 is 20.4 Å². The van der Waals surface area contributed by atoms with Gasteiger partial charge in [-0.1, -0.05) is 18.6 Å². The normalized spacial score (nSPS) is 18.2. The van der Waals surface area contributed by atoms with Crippen molar-refractivity contribution in [1.82, 2.24) is 15.5 Å². The standard InChI is InChI=1S/C20H35N5.HI/c1-17-9-5-6-13-25(17)14-8-12-22-20(21-2)23-16-18-10-7-11-19(15-18)24(3)4;/h7,10-11,15,17H,5-6,8-9,12-14,16H2,1-4H3,(H2,21,22,23);1H. The first-order chi connectivity index (χ1) is 12.1. The van der Waals surface area contributed by atoms with Crippen molar-refractivity contribution in [3.8, 4) is 0 Å². The van der Waals surface area contributed by atoms with E-state index in [-0.39, 0.29) is 24.0 Å². The maximum atomic E-state index is 4.33. The highest BCUT2D eigenvalue weighted by atomic mass is 127. The number of benzene rings is 1. The third-order valence-corrected chi connectivity index (χ3v) is 4.97. The number of nitrogens with zero attached hydrogens (tertiary/aromatic N) is 3. The molecule has 2 N–H and O–H groups in total. The second kappa shape index (κ2) is 12.4. The minimum absolute atomic E-state index is 0. The molecule has 1 heterocycles. The van der Waals surface area contributed by atoms with Crippen LogP contribution in [-0.4, -0.2) is 57.7 Å². The number of hydrogen-bond donors (Lipinski definition) is 2. The number of halogens is 1. The van der Waals surface area contributed by atoms with Crippen molar-refractivity contribution in [2.75, 3.05) is 45.7 Å². The molecule has 1 aromatic carbocycles. The SMILES string of the molecule is CN=C(NCCCN1CCCCC1C)NCc1cccc(N(C)C)c1.I. The molecule has 1 unspecified atom stereocenters. The van der Waals surface area contributed by atoms with Gasteiger partial charge in [0.15, 0.2) is 5.96 Å². The van der Waals surface area contributed by atoms with Crippen LogP contribution in [0.1, 0.15) is 38.2 Å². The zero-order valence-electron chi connectivity index (χ0n) is 16.8. The predicted octanol–water partition coefficient (Wildman–Crippen LogP) is 3.30. The number of guanidine groups is 1. The van der Waals surface area contributed by atoms with Crippen LogP contribution in [0, 0.1) is 0 Å². The maximum Gasteiger partial charge on any atom is 0.191 e. The summed E-state index contributed by atoms with van der Waals surface area (Å²) in [5.41, 5.74) is 2.48. The van der Waals surface area contributed by atoms with E-state index in [2.05, 4.69) is 70.7 Å². The molecule has 0 amide bonds. The van der Waals surface area contributed by atoms with Crippen LogP contribution in [0.25, 0.3) is 0 Å². The molecule has 6 heteroatoms. The Balaban J connectivity index is 0.00000338. The minimum atomic E-state index is 0. The largest absolute Gasteiger partial charge is 0.378 e. The molecule has 148 valence electrons. The van der Waals surface area contributed by atoms with Crippen molar-refractivity contribution in [2.24, 2.45) is 4.99 Å². The van der Waals surface area contributed by atoms with E-state index < -0.39 is 0 Å². The molecule has 1 aliphatic rings. The first-order valence-electron chi connectivity index (χ1n) is 9.55. The lowest BCUT2D eigenvalue weighted by atomic mass is 10.0. The van der Waals surface area contributed by atoms with Crippen LogP contribution in [-0.2, 0) is 6.54 Å². The van der Waals surface area contributed by atoms with Crippen molar-refractivity contribution >= 4 is 35.6 Å². The second-order valence-electron chi connectivity index (χ2n) is 7.15. The average molecular weight is 473 g/mol. The summed E-state index contributed by atoms with van der Waals surface area (Å²) in [6.45, 7) is 6.53. The van der Waals surface area contributed by atoms with Crippen LogP contribution in [0.3, 0.4) is 0 Å². The summed E-state index contributed by atoms with van der Waals surface area (Å²) >= 11 is 0. The summed E-state index contributed by atoms with van der Waals surface area (Å²) < 4.78 is 0. The minimum Gasteiger partial charge on any atom is -0.378 e. The summed E-state index contributed by atoms with van der Waals surface area (Å²) in [5.74, 6) is 0.877. The van der Waals surface area contributed by atoms with Crippen LogP contribution in [0.2, 0.25) is 0 Å². The van der Waals surface area contributed by atoms with Gasteiger partial charge in [-0.15, -0.1) is 24.0 Å². The van der Waals surface area contributed by atoms with E-state index in [0.29, 0.717) is 0 Å². The highest BCUT2D eigenvalue weighted by Crippen LogP contribution is 2.16. The fraction of sp³-hybridized carbons (Fsp3) is 0.650. The summed E-state index contributed by atoms with van der Waals surface area (Å²) in [6.07, 6.45) is 5.25. The molecule has 1 saturated heterocycles. The van der Waals surface area contributed by atoms with E-state index >= 15 is 0 Å². The number of nitrogens with one attached hydrogen (secondary N) is 2. The topological polar surface area (TPSA) is 42.9 Å². The van der Waals surface area contributed by atoms with Crippen LogP contribution in [0.4, 0.5) is 5.69 Å². The van der Waals surface area contributed by atoms with E-state index in [1.807, 2.05) is 7.05 Å². The van der Waals surface area contributed by atoms with E-state index in [0.717, 1.165) is 31.5 Å². The zero-order chi connectivity index (χ0) is 18.1. The number of likely N-dealkylation sites (tertiary alicyclic amines) is 1. The highest BCUT2D eigenvalue weighted by Gasteiger charge is 2.17. The Hall–Kier alpha value is -1.02. The van der Waals surface area contributed by atoms with Crippen molar-refractivity contribution in [1.29, 1.82) is 0 Å². The van der Waals surface area contributed by atoms with Gasteiger partial charge >= 0.3 is 0 Å². The molecule has 5 nitrogen and oxygen atoms in total. The number of hydrogen-bond acceptors (Lipinski definition) is 3. The van der Waals surface area contributed by atoms with Gasteiger partial charge in [0.1, 0.15) is 0 Å². The predicted molar refractivity (Wildman–Crippen MR) is 124 cm³/mol. The first kappa shape index (κ1) is 23.0. The molecule has 0 bridgehead atoms. The molecule has 1 aliphatic heterocycles. The van der Waals surface area contributed by atoms with E-state index in [1.165, 1.54) is 43.6 Å². The number of anilines is 1. The Morgan fingerprint density at radius 3 is 2.77 bits per heavy atom. The van der Waals surface area contributed by atoms with Crippen LogP contribution in [0.5, 0.6) is 0 Å². The maximum absolute atomic E-state index is 4.33. The lowest BCUT2D eigenvalue weighted by Crippen LogP contribution is -2.41. The third-order valence-electron chi connectivity index (χ3n) is 4.97. The Morgan fingerprint density at radius 1 is 1.27 bits per heavy atom. The molecule has 0 radical (unpaired) electrons. The molecular weight excluding hydrogens is 437 g/mol. The monoisotopic (exact) mass is 473 g/mol. The fourth-order valence-electron chi connectivity index (χ4n) is 3.33. The van der Waals surface area contributed by atoms with Gasteiger partial charge in [0.25, 0.3) is 0 Å². The van der Waals surface area contributed by atoms with Crippen molar-refractivity contribution in [2.45, 2.75) is 45.2 Å². The molecule has 1 aromatic rings. The lowest BCUT2D eigenvalue weighted by Gasteiger charge is -2.33. The average Bonchev–Trinajstić information content (AvgIpc) is 2.62. The van der Waals surface area contributed by atoms with E-state index in [4.69, 9.17) is 0 Å². The highest BCUT2D eigenvalue weighted by molar-refractivity contribution is 14.0. The molecule has 0 aromatic heterocycles. The smallest absolute Gasteiger partial charge is 0.191 e. The number of aliphatic imine (C=N–C) groups is 1. The fourth-order valence-corrected chi connectivity index (χ4v) is 3.33. The van der Waals surface area contributed by atoms with E-state index in [1.54, 1.807) is 0 Å². The number of piperidine rings is 1. The Morgan fingerprint density at radius 2 is 2.08 bits per heavy atom. The summed E-state index contributed by atoms with van der Waals surface area (Å²) in [4.78, 5) is 9.07. The van der Waals surface area contributed by atoms with Crippen LogP contribution in [0.15, 0.2) is 29.3 Å². The second-order valence-corrected chi connectivity index (χ2v) is 7.15.